The highest BCUT2D eigenvalue weighted by Gasteiger charge is 2.24. The van der Waals surface area contributed by atoms with Crippen LogP contribution in [0.15, 0.2) is 24.3 Å². The summed E-state index contributed by atoms with van der Waals surface area (Å²) < 4.78 is 5.20. The van der Waals surface area contributed by atoms with E-state index in [0.717, 1.165) is 30.7 Å². The zero-order valence-electron chi connectivity index (χ0n) is 12.2. The van der Waals surface area contributed by atoms with Crippen molar-refractivity contribution >= 4 is 5.91 Å². The second kappa shape index (κ2) is 7.29. The van der Waals surface area contributed by atoms with E-state index in [-0.39, 0.29) is 11.9 Å². The van der Waals surface area contributed by atoms with Crippen molar-refractivity contribution < 1.29 is 9.53 Å². The summed E-state index contributed by atoms with van der Waals surface area (Å²) in [6.07, 6.45) is 4.90. The van der Waals surface area contributed by atoms with Crippen LogP contribution in [0.25, 0.3) is 0 Å². The Hall–Kier alpha value is -1.55. The summed E-state index contributed by atoms with van der Waals surface area (Å²) in [5.74, 6) is 0.970. The van der Waals surface area contributed by atoms with Crippen LogP contribution in [0.5, 0.6) is 5.75 Å². The monoisotopic (exact) mass is 276 g/mol. The lowest BCUT2D eigenvalue weighted by Gasteiger charge is -2.29. The van der Waals surface area contributed by atoms with Gasteiger partial charge in [0.15, 0.2) is 0 Å². The van der Waals surface area contributed by atoms with Crippen LogP contribution < -0.4 is 10.5 Å². The zero-order chi connectivity index (χ0) is 14.4. The molecule has 4 heteroatoms. The minimum Gasteiger partial charge on any atom is -0.497 e. The summed E-state index contributed by atoms with van der Waals surface area (Å²) in [4.78, 5) is 14.5. The van der Waals surface area contributed by atoms with Crippen molar-refractivity contribution in [2.24, 2.45) is 5.73 Å². The van der Waals surface area contributed by atoms with Crippen molar-refractivity contribution in [1.29, 1.82) is 0 Å². The smallest absolute Gasteiger partial charge is 0.227 e. The largest absolute Gasteiger partial charge is 0.497 e. The molecule has 2 N–H and O–H groups in total. The highest BCUT2D eigenvalue weighted by atomic mass is 16.5. The number of methoxy groups -OCH3 is 1. The molecular weight excluding hydrogens is 252 g/mol. The molecule has 0 spiro atoms. The summed E-state index contributed by atoms with van der Waals surface area (Å²) in [5.41, 5.74) is 6.82. The van der Waals surface area contributed by atoms with Crippen LogP contribution in [0.1, 0.15) is 31.2 Å². The van der Waals surface area contributed by atoms with Gasteiger partial charge in [-0.25, -0.2) is 0 Å². The standard InChI is InChI=1S/C16H24N2O2/c1-20-15-8-5-6-13(10-15)11-16(19)18-9-4-2-3-7-14(18)12-17/h5-6,8,10,14H,2-4,7,9,11-12,17H2,1H3. The molecule has 1 atom stereocenters. The Morgan fingerprint density at radius 3 is 3.00 bits per heavy atom. The van der Waals surface area contributed by atoms with Crippen LogP contribution >= 0.6 is 0 Å². The number of carbonyl (C=O) groups excluding carboxylic acids is 1. The van der Waals surface area contributed by atoms with Gasteiger partial charge < -0.3 is 15.4 Å². The van der Waals surface area contributed by atoms with E-state index < -0.39 is 0 Å². The van der Waals surface area contributed by atoms with Crippen molar-refractivity contribution in [3.8, 4) is 5.75 Å². The summed E-state index contributed by atoms with van der Waals surface area (Å²) >= 11 is 0. The van der Waals surface area contributed by atoms with Crippen molar-refractivity contribution in [3.63, 3.8) is 0 Å². The van der Waals surface area contributed by atoms with E-state index in [1.165, 1.54) is 12.8 Å². The minimum atomic E-state index is 0.176. The zero-order valence-corrected chi connectivity index (χ0v) is 12.2. The fourth-order valence-corrected chi connectivity index (χ4v) is 2.81. The molecule has 0 aliphatic carbocycles. The number of carbonyl (C=O) groups is 1. The molecule has 1 aliphatic heterocycles. The van der Waals surface area contributed by atoms with E-state index in [9.17, 15) is 4.79 Å². The number of rotatable bonds is 4. The van der Waals surface area contributed by atoms with E-state index in [1.54, 1.807) is 7.11 Å². The van der Waals surface area contributed by atoms with Crippen LogP contribution in [-0.4, -0.2) is 37.0 Å². The maximum absolute atomic E-state index is 12.5. The molecule has 1 amide bonds. The Labute approximate surface area is 120 Å². The Morgan fingerprint density at radius 2 is 2.25 bits per heavy atom. The van der Waals surface area contributed by atoms with Gasteiger partial charge in [-0.15, -0.1) is 0 Å². The molecule has 20 heavy (non-hydrogen) atoms. The van der Waals surface area contributed by atoms with Gasteiger partial charge in [-0.2, -0.15) is 0 Å². The number of hydrogen-bond donors (Lipinski definition) is 1. The fourth-order valence-electron chi connectivity index (χ4n) is 2.81. The quantitative estimate of drug-likeness (QED) is 0.914. The van der Waals surface area contributed by atoms with Gasteiger partial charge >= 0.3 is 0 Å². The molecule has 110 valence electrons. The molecule has 0 radical (unpaired) electrons. The Kier molecular flexibility index (Phi) is 5.41. The molecule has 2 rings (SSSR count). The van der Waals surface area contributed by atoms with Crippen molar-refractivity contribution in [3.05, 3.63) is 29.8 Å². The summed E-state index contributed by atoms with van der Waals surface area (Å²) in [6.45, 7) is 1.40. The topological polar surface area (TPSA) is 55.6 Å². The van der Waals surface area contributed by atoms with E-state index in [4.69, 9.17) is 10.5 Å². The van der Waals surface area contributed by atoms with E-state index in [1.807, 2.05) is 29.2 Å². The highest BCUT2D eigenvalue weighted by Crippen LogP contribution is 2.19. The Balaban J connectivity index is 2.05. The van der Waals surface area contributed by atoms with Gasteiger partial charge in [-0.1, -0.05) is 25.0 Å². The number of benzene rings is 1. The molecular formula is C16H24N2O2. The summed E-state index contributed by atoms with van der Waals surface area (Å²) in [6, 6.07) is 7.91. The molecule has 1 unspecified atom stereocenters. The van der Waals surface area contributed by atoms with Crippen LogP contribution in [-0.2, 0) is 11.2 Å². The van der Waals surface area contributed by atoms with Gasteiger partial charge in [0.1, 0.15) is 5.75 Å². The van der Waals surface area contributed by atoms with Crippen molar-refractivity contribution in [2.75, 3.05) is 20.2 Å². The molecule has 0 bridgehead atoms. The molecule has 0 saturated carbocycles. The Morgan fingerprint density at radius 1 is 1.40 bits per heavy atom. The van der Waals surface area contributed by atoms with Gasteiger partial charge in [0.2, 0.25) is 5.91 Å². The first kappa shape index (κ1) is 14.9. The third-order valence-electron chi connectivity index (χ3n) is 3.96. The number of hydrogen-bond acceptors (Lipinski definition) is 3. The number of ether oxygens (including phenoxy) is 1. The highest BCUT2D eigenvalue weighted by molar-refractivity contribution is 5.79. The van der Waals surface area contributed by atoms with Crippen molar-refractivity contribution in [2.45, 2.75) is 38.1 Å². The first-order chi connectivity index (χ1) is 9.74. The first-order valence-corrected chi connectivity index (χ1v) is 7.37. The van der Waals surface area contributed by atoms with E-state index in [0.29, 0.717) is 13.0 Å². The molecule has 1 heterocycles. The number of amides is 1. The molecule has 1 saturated heterocycles. The Bertz CT molecular complexity index is 448. The fraction of sp³-hybridized carbons (Fsp3) is 0.562. The lowest BCUT2D eigenvalue weighted by atomic mass is 10.1. The third kappa shape index (κ3) is 3.73. The van der Waals surface area contributed by atoms with E-state index >= 15 is 0 Å². The lowest BCUT2D eigenvalue weighted by Crippen LogP contribution is -2.44. The maximum atomic E-state index is 12.5. The van der Waals surface area contributed by atoms with Crippen LogP contribution in [0.2, 0.25) is 0 Å². The maximum Gasteiger partial charge on any atom is 0.227 e. The lowest BCUT2D eigenvalue weighted by molar-refractivity contribution is -0.132. The molecule has 1 aromatic carbocycles. The second-order valence-corrected chi connectivity index (χ2v) is 5.35. The summed E-state index contributed by atoms with van der Waals surface area (Å²) in [5, 5.41) is 0. The normalized spacial score (nSPS) is 19.5. The minimum absolute atomic E-state index is 0.176. The average Bonchev–Trinajstić information content (AvgIpc) is 2.72. The SMILES string of the molecule is COc1cccc(CC(=O)N2CCCCCC2CN)c1. The van der Waals surface area contributed by atoms with Crippen LogP contribution in [0.3, 0.4) is 0 Å². The van der Waals surface area contributed by atoms with Gasteiger partial charge in [0.05, 0.1) is 13.5 Å². The van der Waals surface area contributed by atoms with Crippen molar-refractivity contribution in [1.82, 2.24) is 4.90 Å². The predicted molar refractivity (Wildman–Crippen MR) is 79.7 cm³/mol. The number of nitrogens with two attached hydrogens (primary N) is 1. The molecule has 0 aromatic heterocycles. The number of likely N-dealkylation sites (tertiary alicyclic amines) is 1. The number of nitrogens with zero attached hydrogens (tertiary/aromatic N) is 1. The average molecular weight is 276 g/mol. The first-order valence-electron chi connectivity index (χ1n) is 7.37. The van der Waals surface area contributed by atoms with Crippen LogP contribution in [0, 0.1) is 0 Å². The molecule has 1 aromatic rings. The molecule has 4 nitrogen and oxygen atoms in total. The van der Waals surface area contributed by atoms with Gasteiger partial charge in [0.25, 0.3) is 0 Å². The summed E-state index contributed by atoms with van der Waals surface area (Å²) in [7, 11) is 1.64. The molecule has 1 aliphatic rings. The van der Waals surface area contributed by atoms with Gasteiger partial charge in [0, 0.05) is 19.1 Å². The van der Waals surface area contributed by atoms with Gasteiger partial charge in [-0.3, -0.25) is 4.79 Å². The molecule has 1 fully saturated rings. The van der Waals surface area contributed by atoms with Gasteiger partial charge in [-0.05, 0) is 30.5 Å². The predicted octanol–water partition coefficient (Wildman–Crippen LogP) is 1.97. The van der Waals surface area contributed by atoms with Crippen LogP contribution in [0.4, 0.5) is 0 Å². The second-order valence-electron chi connectivity index (χ2n) is 5.35. The third-order valence-corrected chi connectivity index (χ3v) is 3.96. The van der Waals surface area contributed by atoms with E-state index in [2.05, 4.69) is 0 Å².